The van der Waals surface area contributed by atoms with Gasteiger partial charge >= 0.3 is 0 Å². The van der Waals surface area contributed by atoms with Crippen LogP contribution < -0.4 is 0 Å². The van der Waals surface area contributed by atoms with E-state index in [1.807, 2.05) is 30.3 Å². The van der Waals surface area contributed by atoms with Gasteiger partial charge in [0.1, 0.15) is 0 Å². The Morgan fingerprint density at radius 2 is 1.67 bits per heavy atom. The lowest BCUT2D eigenvalue weighted by molar-refractivity contribution is 0.175. The number of halogens is 1. The number of hydrogen-bond acceptors (Lipinski definition) is 1. The molecule has 94 valence electrons. The lowest BCUT2D eigenvalue weighted by atomic mass is 10.0. The van der Waals surface area contributed by atoms with Gasteiger partial charge in [-0.05, 0) is 43.0 Å². The zero-order valence-corrected chi connectivity index (χ0v) is 12.0. The molecule has 2 rings (SSSR count). The monoisotopic (exact) mass is 304 g/mol. The van der Waals surface area contributed by atoms with Gasteiger partial charge in [-0.1, -0.05) is 57.9 Å². The highest BCUT2D eigenvalue weighted by atomic mass is 79.9. The molecule has 1 N–H and O–H groups in total. The maximum Gasteiger partial charge on any atom is 0.0620 e. The smallest absolute Gasteiger partial charge is 0.0620 e. The fraction of sp³-hybridized carbons (Fsp3) is 0.250. The van der Waals surface area contributed by atoms with Crippen LogP contribution >= 0.6 is 15.9 Å². The Bertz CT molecular complexity index is 505. The topological polar surface area (TPSA) is 20.2 Å². The van der Waals surface area contributed by atoms with Crippen molar-refractivity contribution in [2.45, 2.75) is 25.9 Å². The fourth-order valence-electron chi connectivity index (χ4n) is 2.08. The van der Waals surface area contributed by atoms with Crippen molar-refractivity contribution < 1.29 is 5.11 Å². The minimum Gasteiger partial charge on any atom is -0.392 e. The summed E-state index contributed by atoms with van der Waals surface area (Å²) in [6.45, 7) is 2.07. The van der Waals surface area contributed by atoms with E-state index in [1.54, 1.807) is 0 Å². The van der Waals surface area contributed by atoms with E-state index < -0.39 is 0 Å². The van der Waals surface area contributed by atoms with Gasteiger partial charge in [-0.2, -0.15) is 0 Å². The van der Waals surface area contributed by atoms with E-state index in [4.69, 9.17) is 0 Å². The lowest BCUT2D eigenvalue weighted by Crippen LogP contribution is -2.13. The third kappa shape index (κ3) is 3.97. The molecule has 2 heteroatoms. The Labute approximate surface area is 117 Å². The first-order valence-electron chi connectivity index (χ1n) is 6.11. The summed E-state index contributed by atoms with van der Waals surface area (Å²) in [6.07, 6.45) is 1.08. The van der Waals surface area contributed by atoms with E-state index in [1.165, 1.54) is 16.7 Å². The highest BCUT2D eigenvalue weighted by molar-refractivity contribution is 9.10. The second-order valence-corrected chi connectivity index (χ2v) is 5.59. The summed E-state index contributed by atoms with van der Waals surface area (Å²) >= 11 is 3.41. The van der Waals surface area contributed by atoms with Crippen LogP contribution in [-0.2, 0) is 12.8 Å². The summed E-state index contributed by atoms with van der Waals surface area (Å²) in [5, 5.41) is 10.1. The molecule has 0 radical (unpaired) electrons. The Morgan fingerprint density at radius 3 is 2.33 bits per heavy atom. The molecule has 1 unspecified atom stereocenters. The van der Waals surface area contributed by atoms with Crippen molar-refractivity contribution in [1.82, 2.24) is 0 Å². The number of aryl methyl sites for hydroxylation is 1. The van der Waals surface area contributed by atoms with E-state index in [2.05, 4.69) is 41.1 Å². The molecule has 0 heterocycles. The predicted molar refractivity (Wildman–Crippen MR) is 78.7 cm³/mol. The first-order valence-corrected chi connectivity index (χ1v) is 6.91. The Kier molecular flexibility index (Phi) is 4.56. The van der Waals surface area contributed by atoms with Gasteiger partial charge in [-0.15, -0.1) is 0 Å². The number of aliphatic hydroxyl groups is 1. The van der Waals surface area contributed by atoms with Crippen molar-refractivity contribution in [3.05, 3.63) is 69.7 Å². The molecule has 0 aliphatic heterocycles. The van der Waals surface area contributed by atoms with Crippen LogP contribution in [0.2, 0.25) is 0 Å². The predicted octanol–water partition coefficient (Wildman–Crippen LogP) is 3.90. The number of rotatable bonds is 4. The number of aliphatic hydroxyl groups excluding tert-OH is 1. The minimum absolute atomic E-state index is 0.326. The largest absolute Gasteiger partial charge is 0.392 e. The molecule has 2 aromatic carbocycles. The SMILES string of the molecule is Cc1cccc(CC(O)Cc2ccc(Br)cc2)c1. The van der Waals surface area contributed by atoms with E-state index in [-0.39, 0.29) is 6.10 Å². The van der Waals surface area contributed by atoms with Crippen LogP contribution in [0.5, 0.6) is 0 Å². The normalized spacial score (nSPS) is 12.4. The van der Waals surface area contributed by atoms with Crippen molar-refractivity contribution in [3.8, 4) is 0 Å². The van der Waals surface area contributed by atoms with Crippen molar-refractivity contribution in [3.63, 3.8) is 0 Å². The lowest BCUT2D eigenvalue weighted by Gasteiger charge is -2.11. The molecule has 0 amide bonds. The van der Waals surface area contributed by atoms with Gasteiger partial charge in [-0.3, -0.25) is 0 Å². The van der Waals surface area contributed by atoms with E-state index in [0.29, 0.717) is 12.8 Å². The first kappa shape index (κ1) is 13.3. The van der Waals surface area contributed by atoms with Gasteiger partial charge < -0.3 is 5.11 Å². The zero-order chi connectivity index (χ0) is 13.0. The molecule has 0 bridgehead atoms. The standard InChI is InChI=1S/C16H17BrO/c1-12-3-2-4-14(9-12)11-16(18)10-13-5-7-15(17)8-6-13/h2-9,16,18H,10-11H2,1H3. The summed E-state index contributed by atoms with van der Waals surface area (Å²) in [7, 11) is 0. The van der Waals surface area contributed by atoms with Crippen LogP contribution in [0.4, 0.5) is 0 Å². The first-order chi connectivity index (χ1) is 8.63. The molecule has 1 nitrogen and oxygen atoms in total. The Hall–Kier alpha value is -1.12. The average Bonchev–Trinajstić information content (AvgIpc) is 2.32. The molecule has 1 atom stereocenters. The quantitative estimate of drug-likeness (QED) is 0.908. The van der Waals surface area contributed by atoms with Crippen molar-refractivity contribution in [2.75, 3.05) is 0 Å². The molecule has 18 heavy (non-hydrogen) atoms. The maximum absolute atomic E-state index is 10.1. The van der Waals surface area contributed by atoms with Gasteiger partial charge in [0.2, 0.25) is 0 Å². The summed E-state index contributed by atoms with van der Waals surface area (Å²) in [5.41, 5.74) is 3.60. The van der Waals surface area contributed by atoms with Crippen molar-refractivity contribution in [1.29, 1.82) is 0 Å². The van der Waals surface area contributed by atoms with Crippen LogP contribution in [0.3, 0.4) is 0 Å². The van der Waals surface area contributed by atoms with Gasteiger partial charge in [0.05, 0.1) is 6.10 Å². The van der Waals surface area contributed by atoms with Crippen molar-refractivity contribution >= 4 is 15.9 Å². The minimum atomic E-state index is -0.326. The zero-order valence-electron chi connectivity index (χ0n) is 10.4. The van der Waals surface area contributed by atoms with Gasteiger partial charge in [-0.25, -0.2) is 0 Å². The third-order valence-electron chi connectivity index (χ3n) is 2.94. The molecule has 0 aliphatic rings. The van der Waals surface area contributed by atoms with Crippen LogP contribution in [-0.4, -0.2) is 11.2 Å². The Morgan fingerprint density at radius 1 is 1.00 bits per heavy atom. The van der Waals surface area contributed by atoms with E-state index >= 15 is 0 Å². The second-order valence-electron chi connectivity index (χ2n) is 4.68. The number of benzene rings is 2. The summed E-state index contributed by atoms with van der Waals surface area (Å²) in [4.78, 5) is 0. The third-order valence-corrected chi connectivity index (χ3v) is 3.47. The molecule has 0 fully saturated rings. The molecule has 2 aromatic rings. The van der Waals surface area contributed by atoms with Crippen molar-refractivity contribution in [2.24, 2.45) is 0 Å². The molecule has 0 saturated carbocycles. The fourth-order valence-corrected chi connectivity index (χ4v) is 2.34. The number of hydrogen-bond donors (Lipinski definition) is 1. The summed E-state index contributed by atoms with van der Waals surface area (Å²) < 4.78 is 1.07. The summed E-state index contributed by atoms with van der Waals surface area (Å²) in [5.74, 6) is 0. The van der Waals surface area contributed by atoms with Crippen LogP contribution in [0, 0.1) is 6.92 Å². The molecule has 0 spiro atoms. The highest BCUT2D eigenvalue weighted by Gasteiger charge is 2.07. The van der Waals surface area contributed by atoms with Gasteiger partial charge in [0.15, 0.2) is 0 Å². The Balaban J connectivity index is 1.96. The molecule has 0 aromatic heterocycles. The van der Waals surface area contributed by atoms with E-state index in [0.717, 1.165) is 4.47 Å². The average molecular weight is 305 g/mol. The molecular weight excluding hydrogens is 288 g/mol. The van der Waals surface area contributed by atoms with Crippen LogP contribution in [0.1, 0.15) is 16.7 Å². The molecule has 0 saturated heterocycles. The maximum atomic E-state index is 10.1. The van der Waals surface area contributed by atoms with Gasteiger partial charge in [0.25, 0.3) is 0 Å². The van der Waals surface area contributed by atoms with Crippen LogP contribution in [0.25, 0.3) is 0 Å². The van der Waals surface area contributed by atoms with E-state index in [9.17, 15) is 5.11 Å². The van der Waals surface area contributed by atoms with Crippen LogP contribution in [0.15, 0.2) is 53.0 Å². The van der Waals surface area contributed by atoms with Gasteiger partial charge in [0, 0.05) is 4.47 Å². The highest BCUT2D eigenvalue weighted by Crippen LogP contribution is 2.14. The molecule has 0 aliphatic carbocycles. The summed E-state index contributed by atoms with van der Waals surface area (Å²) in [6, 6.07) is 16.4. The second kappa shape index (κ2) is 6.17. The molecular formula is C16H17BrO.